The van der Waals surface area contributed by atoms with Gasteiger partial charge in [-0.1, -0.05) is 16.8 Å². The van der Waals surface area contributed by atoms with E-state index in [1.165, 1.54) is 0 Å². The van der Waals surface area contributed by atoms with E-state index in [9.17, 15) is 0 Å². The molecule has 0 N–H and O–H groups in total. The Bertz CT molecular complexity index is 418. The maximum absolute atomic E-state index is 6.02. The van der Waals surface area contributed by atoms with Gasteiger partial charge in [0.05, 0.1) is 0 Å². The molecule has 0 saturated carbocycles. The van der Waals surface area contributed by atoms with E-state index in [4.69, 9.17) is 16.4 Å². The van der Waals surface area contributed by atoms with Gasteiger partial charge >= 0.3 is 0 Å². The quantitative estimate of drug-likeness (QED) is 0.455. The van der Waals surface area contributed by atoms with E-state index in [0.717, 1.165) is 44.7 Å². The van der Waals surface area contributed by atoms with Gasteiger partial charge in [0.15, 0.2) is 5.17 Å². The molecule has 0 aromatic carbocycles. The largest absolute Gasteiger partial charge is 0.395 e. The SMILES string of the molecule is CN1CCN(CCCO/N=C(\Cl)c2cccnc2)CC1. The molecular formula is C14H21ClN4O. The number of hydrogen-bond donors (Lipinski definition) is 0. The van der Waals surface area contributed by atoms with Crippen LogP contribution in [0.5, 0.6) is 0 Å². The second-order valence-corrected chi connectivity index (χ2v) is 5.31. The van der Waals surface area contributed by atoms with Crippen LogP contribution in [0, 0.1) is 0 Å². The van der Waals surface area contributed by atoms with Gasteiger partial charge in [-0.05, 0) is 25.6 Å². The molecule has 0 unspecified atom stereocenters. The lowest BCUT2D eigenvalue weighted by Crippen LogP contribution is -2.44. The first kappa shape index (κ1) is 15.2. The maximum Gasteiger partial charge on any atom is 0.177 e. The number of pyridine rings is 1. The summed E-state index contributed by atoms with van der Waals surface area (Å²) in [5.41, 5.74) is 0.772. The zero-order chi connectivity index (χ0) is 14.2. The fraction of sp³-hybridized carbons (Fsp3) is 0.571. The predicted molar refractivity (Wildman–Crippen MR) is 81.1 cm³/mol. The molecule has 110 valence electrons. The molecule has 1 aliphatic rings. The number of oxime groups is 1. The molecule has 0 aliphatic carbocycles. The molecule has 0 amide bonds. The van der Waals surface area contributed by atoms with Crippen molar-refractivity contribution in [2.24, 2.45) is 5.16 Å². The smallest absolute Gasteiger partial charge is 0.177 e. The summed E-state index contributed by atoms with van der Waals surface area (Å²) in [5.74, 6) is 0. The van der Waals surface area contributed by atoms with Crippen LogP contribution in [0.4, 0.5) is 0 Å². The Hall–Kier alpha value is -1.17. The Morgan fingerprint density at radius 1 is 1.40 bits per heavy atom. The molecule has 1 aromatic rings. The van der Waals surface area contributed by atoms with Gasteiger partial charge in [0.2, 0.25) is 0 Å². The van der Waals surface area contributed by atoms with Gasteiger partial charge in [0.25, 0.3) is 0 Å². The van der Waals surface area contributed by atoms with Crippen LogP contribution in [0.25, 0.3) is 0 Å². The van der Waals surface area contributed by atoms with Crippen LogP contribution in [0.15, 0.2) is 29.7 Å². The molecule has 0 spiro atoms. The lowest BCUT2D eigenvalue weighted by molar-refractivity contribution is 0.111. The lowest BCUT2D eigenvalue weighted by Gasteiger charge is -2.32. The van der Waals surface area contributed by atoms with Gasteiger partial charge in [-0.2, -0.15) is 0 Å². The average Bonchev–Trinajstić information content (AvgIpc) is 2.49. The number of likely N-dealkylation sites (N-methyl/N-ethyl adjacent to an activating group) is 1. The third kappa shape index (κ3) is 5.07. The standard InChI is InChI=1S/C14H21ClN4O/c1-18-7-9-19(10-8-18)6-3-11-20-17-14(15)13-4-2-5-16-12-13/h2,4-5,12H,3,6-11H2,1H3/b17-14-. The van der Waals surface area contributed by atoms with Crippen molar-refractivity contribution in [3.63, 3.8) is 0 Å². The summed E-state index contributed by atoms with van der Waals surface area (Å²) in [6, 6.07) is 3.67. The van der Waals surface area contributed by atoms with Crippen molar-refractivity contribution in [1.29, 1.82) is 0 Å². The molecule has 1 saturated heterocycles. The third-order valence-corrected chi connectivity index (χ3v) is 3.64. The summed E-state index contributed by atoms with van der Waals surface area (Å²) in [7, 11) is 2.16. The molecule has 2 rings (SSSR count). The molecule has 1 aliphatic heterocycles. The van der Waals surface area contributed by atoms with Crippen LogP contribution in [0.3, 0.4) is 0 Å². The van der Waals surface area contributed by atoms with E-state index in [2.05, 4.69) is 27.0 Å². The second kappa shape index (κ2) is 8.19. The number of halogens is 1. The number of piperazine rings is 1. The Balaban J connectivity index is 1.62. The van der Waals surface area contributed by atoms with E-state index in [1.807, 2.05) is 12.1 Å². The van der Waals surface area contributed by atoms with Crippen molar-refractivity contribution in [3.8, 4) is 0 Å². The molecule has 0 atom stereocenters. The Kier molecular flexibility index (Phi) is 6.24. The number of hydrogen-bond acceptors (Lipinski definition) is 5. The number of nitrogens with zero attached hydrogens (tertiary/aromatic N) is 4. The average molecular weight is 297 g/mol. The molecule has 0 radical (unpaired) electrons. The minimum Gasteiger partial charge on any atom is -0.395 e. The molecule has 20 heavy (non-hydrogen) atoms. The first-order valence-corrected chi connectivity index (χ1v) is 7.30. The summed E-state index contributed by atoms with van der Waals surface area (Å²) >= 11 is 6.02. The van der Waals surface area contributed by atoms with Crippen molar-refractivity contribution < 1.29 is 4.84 Å². The zero-order valence-electron chi connectivity index (χ0n) is 11.8. The minimum atomic E-state index is 0.345. The van der Waals surface area contributed by atoms with E-state index < -0.39 is 0 Å². The van der Waals surface area contributed by atoms with Gasteiger partial charge in [0.1, 0.15) is 6.61 Å². The Labute approximate surface area is 125 Å². The van der Waals surface area contributed by atoms with E-state index >= 15 is 0 Å². The van der Waals surface area contributed by atoms with Crippen LogP contribution in [-0.2, 0) is 4.84 Å². The predicted octanol–water partition coefficient (Wildman–Crippen LogP) is 1.64. The Morgan fingerprint density at radius 3 is 2.90 bits per heavy atom. The van der Waals surface area contributed by atoms with Crippen LogP contribution in [0.2, 0.25) is 0 Å². The van der Waals surface area contributed by atoms with Crippen LogP contribution in [0.1, 0.15) is 12.0 Å². The van der Waals surface area contributed by atoms with Crippen molar-refractivity contribution in [2.75, 3.05) is 46.4 Å². The van der Waals surface area contributed by atoms with Crippen molar-refractivity contribution in [2.45, 2.75) is 6.42 Å². The highest BCUT2D eigenvalue weighted by molar-refractivity contribution is 6.69. The summed E-state index contributed by atoms with van der Waals surface area (Å²) in [4.78, 5) is 14.0. The van der Waals surface area contributed by atoms with Crippen molar-refractivity contribution in [3.05, 3.63) is 30.1 Å². The summed E-state index contributed by atoms with van der Waals surface area (Å²) in [5, 5.41) is 4.25. The van der Waals surface area contributed by atoms with E-state index in [-0.39, 0.29) is 0 Å². The highest BCUT2D eigenvalue weighted by Gasteiger charge is 2.12. The van der Waals surface area contributed by atoms with Crippen LogP contribution in [-0.4, -0.2) is 66.3 Å². The molecule has 0 bridgehead atoms. The van der Waals surface area contributed by atoms with Crippen LogP contribution < -0.4 is 0 Å². The maximum atomic E-state index is 6.02. The van der Waals surface area contributed by atoms with Crippen LogP contribution >= 0.6 is 11.6 Å². The molecular weight excluding hydrogens is 276 g/mol. The van der Waals surface area contributed by atoms with Gasteiger partial charge in [-0.15, -0.1) is 0 Å². The first-order valence-electron chi connectivity index (χ1n) is 6.92. The molecule has 1 fully saturated rings. The highest BCUT2D eigenvalue weighted by Crippen LogP contribution is 2.04. The number of aromatic nitrogens is 1. The second-order valence-electron chi connectivity index (χ2n) is 4.96. The summed E-state index contributed by atoms with van der Waals surface area (Å²) < 4.78 is 0. The van der Waals surface area contributed by atoms with Gasteiger partial charge in [-0.3, -0.25) is 4.98 Å². The lowest BCUT2D eigenvalue weighted by atomic mass is 10.3. The van der Waals surface area contributed by atoms with Crippen molar-refractivity contribution in [1.82, 2.24) is 14.8 Å². The summed E-state index contributed by atoms with van der Waals surface area (Å²) in [6.45, 7) is 6.20. The Morgan fingerprint density at radius 2 is 2.20 bits per heavy atom. The van der Waals surface area contributed by atoms with E-state index in [0.29, 0.717) is 11.8 Å². The molecule has 6 heteroatoms. The zero-order valence-corrected chi connectivity index (χ0v) is 12.6. The highest BCUT2D eigenvalue weighted by atomic mass is 35.5. The van der Waals surface area contributed by atoms with E-state index in [1.54, 1.807) is 12.4 Å². The fourth-order valence-electron chi connectivity index (χ4n) is 2.06. The van der Waals surface area contributed by atoms with Crippen molar-refractivity contribution >= 4 is 16.8 Å². The third-order valence-electron chi connectivity index (χ3n) is 3.35. The molecule has 5 nitrogen and oxygen atoms in total. The first-order chi connectivity index (χ1) is 9.75. The fourth-order valence-corrected chi connectivity index (χ4v) is 2.22. The number of rotatable bonds is 6. The minimum absolute atomic E-state index is 0.345. The molecule has 2 heterocycles. The monoisotopic (exact) mass is 296 g/mol. The molecule has 1 aromatic heterocycles. The normalized spacial score (nSPS) is 18.2. The summed E-state index contributed by atoms with van der Waals surface area (Å²) in [6.07, 6.45) is 4.33. The van der Waals surface area contributed by atoms with Gasteiger partial charge in [0, 0.05) is 50.7 Å². The topological polar surface area (TPSA) is 41.0 Å². The van der Waals surface area contributed by atoms with Gasteiger partial charge < -0.3 is 14.6 Å². The van der Waals surface area contributed by atoms with Gasteiger partial charge in [-0.25, -0.2) is 0 Å².